The topological polar surface area (TPSA) is 80.6 Å². The molecule has 0 aliphatic rings. The van der Waals surface area contributed by atoms with Crippen LogP contribution in [0.4, 0.5) is 4.79 Å². The monoisotopic (exact) mass is 393 g/mol. The molecule has 0 spiro atoms. The molecule has 28 heavy (non-hydrogen) atoms. The summed E-state index contributed by atoms with van der Waals surface area (Å²) in [6, 6.07) is -0.262. The number of esters is 1. The standard InChI is InChI=1S/C21H35N3O4/c1-9-24-16(7)18(15(6)19(24)20(26)28-8)17(25)12-23(11-10-13(2)3)21(27)22-14(4)5/h13-14H,9-12H2,1-8H3,(H,22,27). The molecule has 1 N–H and O–H groups in total. The largest absolute Gasteiger partial charge is 0.464 e. The Morgan fingerprint density at radius 3 is 2.21 bits per heavy atom. The van der Waals surface area contributed by atoms with Gasteiger partial charge in [-0.15, -0.1) is 0 Å². The normalized spacial score (nSPS) is 11.1. The molecule has 0 unspecified atom stereocenters. The van der Waals surface area contributed by atoms with Gasteiger partial charge in [0.15, 0.2) is 5.78 Å². The quantitative estimate of drug-likeness (QED) is 0.514. The predicted octanol–water partition coefficient (Wildman–Crippen LogP) is 3.56. The maximum atomic E-state index is 13.1. The van der Waals surface area contributed by atoms with E-state index < -0.39 is 5.97 Å². The Balaban J connectivity index is 3.21. The molecule has 1 aromatic rings. The maximum Gasteiger partial charge on any atom is 0.354 e. The number of Topliss-reactive ketones (excluding diaryl/α,β-unsaturated/α-hetero) is 1. The zero-order valence-electron chi connectivity index (χ0n) is 18.5. The molecule has 1 rings (SSSR count). The van der Waals surface area contributed by atoms with E-state index in [1.165, 1.54) is 7.11 Å². The third kappa shape index (κ3) is 5.59. The lowest BCUT2D eigenvalue weighted by atomic mass is 10.0. The highest BCUT2D eigenvalue weighted by Crippen LogP contribution is 2.24. The van der Waals surface area contributed by atoms with E-state index in [1.807, 2.05) is 27.7 Å². The lowest BCUT2D eigenvalue weighted by molar-refractivity contribution is 0.0587. The van der Waals surface area contributed by atoms with Crippen molar-refractivity contribution in [1.29, 1.82) is 0 Å². The molecule has 2 amide bonds. The number of aromatic nitrogens is 1. The number of methoxy groups -OCH3 is 1. The number of ether oxygens (including phenoxy) is 1. The fraction of sp³-hybridized carbons (Fsp3) is 0.667. The number of rotatable bonds is 9. The first kappa shape index (κ1) is 23.7. The van der Waals surface area contributed by atoms with Crippen molar-refractivity contribution in [1.82, 2.24) is 14.8 Å². The highest BCUT2D eigenvalue weighted by Gasteiger charge is 2.28. The molecule has 0 bridgehead atoms. The van der Waals surface area contributed by atoms with Crippen LogP contribution >= 0.6 is 0 Å². The van der Waals surface area contributed by atoms with Gasteiger partial charge in [-0.05, 0) is 52.5 Å². The Hall–Kier alpha value is -2.31. The molecular formula is C21H35N3O4. The second-order valence-electron chi connectivity index (χ2n) is 7.80. The molecule has 0 aliphatic carbocycles. The van der Waals surface area contributed by atoms with Gasteiger partial charge in [0, 0.05) is 30.4 Å². The summed E-state index contributed by atoms with van der Waals surface area (Å²) in [5.74, 6) is -0.217. The number of nitrogens with zero attached hydrogens (tertiary/aromatic N) is 2. The van der Waals surface area contributed by atoms with Crippen LogP contribution in [0.5, 0.6) is 0 Å². The average molecular weight is 394 g/mol. The molecule has 0 radical (unpaired) electrons. The van der Waals surface area contributed by atoms with Gasteiger partial charge < -0.3 is 19.5 Å². The van der Waals surface area contributed by atoms with E-state index in [0.29, 0.717) is 35.8 Å². The van der Waals surface area contributed by atoms with E-state index in [-0.39, 0.29) is 24.4 Å². The van der Waals surface area contributed by atoms with E-state index in [2.05, 4.69) is 19.2 Å². The van der Waals surface area contributed by atoms with E-state index in [4.69, 9.17) is 4.74 Å². The molecule has 0 fully saturated rings. The Morgan fingerprint density at radius 2 is 1.75 bits per heavy atom. The van der Waals surface area contributed by atoms with Crippen LogP contribution in [0.2, 0.25) is 0 Å². The van der Waals surface area contributed by atoms with E-state index in [0.717, 1.165) is 12.1 Å². The summed E-state index contributed by atoms with van der Waals surface area (Å²) >= 11 is 0. The number of urea groups is 1. The number of carbonyl (C=O) groups is 3. The minimum atomic E-state index is -0.462. The Labute approximate surface area is 168 Å². The fourth-order valence-electron chi connectivity index (χ4n) is 3.32. The Bertz CT molecular complexity index is 720. The second kappa shape index (κ2) is 10.3. The maximum absolute atomic E-state index is 13.1. The van der Waals surface area contributed by atoms with Crippen molar-refractivity contribution in [2.75, 3.05) is 20.2 Å². The number of hydrogen-bond acceptors (Lipinski definition) is 4. The molecule has 158 valence electrons. The van der Waals surface area contributed by atoms with Crippen LogP contribution < -0.4 is 5.32 Å². The summed E-state index contributed by atoms with van der Waals surface area (Å²) in [4.78, 5) is 39.5. The molecule has 1 heterocycles. The Kier molecular flexibility index (Phi) is 8.72. The predicted molar refractivity (Wildman–Crippen MR) is 110 cm³/mol. The van der Waals surface area contributed by atoms with Crippen LogP contribution in [-0.2, 0) is 11.3 Å². The SMILES string of the molecule is CCn1c(C)c(C(=O)CN(CCC(C)C)C(=O)NC(C)C)c(C)c1C(=O)OC. The molecule has 7 nitrogen and oxygen atoms in total. The number of hydrogen-bond donors (Lipinski definition) is 1. The van der Waals surface area contributed by atoms with Gasteiger partial charge >= 0.3 is 12.0 Å². The second-order valence-corrected chi connectivity index (χ2v) is 7.80. The average Bonchev–Trinajstić information content (AvgIpc) is 2.86. The number of amides is 2. The number of carbonyl (C=O) groups excluding carboxylic acids is 3. The molecule has 0 aliphatic heterocycles. The highest BCUT2D eigenvalue weighted by atomic mass is 16.5. The first-order chi connectivity index (χ1) is 13.0. The summed E-state index contributed by atoms with van der Waals surface area (Å²) in [7, 11) is 1.33. The van der Waals surface area contributed by atoms with Crippen LogP contribution in [0.1, 0.15) is 73.1 Å². The van der Waals surface area contributed by atoms with Crippen molar-refractivity contribution in [2.45, 2.75) is 67.5 Å². The first-order valence-electron chi connectivity index (χ1n) is 9.91. The summed E-state index contributed by atoms with van der Waals surface area (Å²) < 4.78 is 6.68. The van der Waals surface area contributed by atoms with Gasteiger partial charge in [0.05, 0.1) is 13.7 Å². The minimum Gasteiger partial charge on any atom is -0.464 e. The summed E-state index contributed by atoms with van der Waals surface area (Å²) in [5.41, 5.74) is 2.21. The lowest BCUT2D eigenvalue weighted by Crippen LogP contribution is -2.46. The van der Waals surface area contributed by atoms with E-state index in [1.54, 1.807) is 16.4 Å². The lowest BCUT2D eigenvalue weighted by Gasteiger charge is -2.24. The number of nitrogens with one attached hydrogen (secondary N) is 1. The van der Waals surface area contributed by atoms with Crippen molar-refractivity contribution in [3.8, 4) is 0 Å². The molecule has 7 heteroatoms. The zero-order valence-corrected chi connectivity index (χ0v) is 18.5. The zero-order chi connectivity index (χ0) is 21.6. The van der Waals surface area contributed by atoms with Crippen molar-refractivity contribution >= 4 is 17.8 Å². The summed E-state index contributed by atoms with van der Waals surface area (Å²) in [5, 5.41) is 2.86. The van der Waals surface area contributed by atoms with Crippen LogP contribution in [0.15, 0.2) is 0 Å². The third-order valence-corrected chi connectivity index (χ3v) is 4.75. The van der Waals surface area contributed by atoms with E-state index in [9.17, 15) is 14.4 Å². The van der Waals surface area contributed by atoms with Gasteiger partial charge in [-0.1, -0.05) is 13.8 Å². The summed E-state index contributed by atoms with van der Waals surface area (Å²) in [6.07, 6.45) is 0.806. The van der Waals surface area contributed by atoms with Crippen LogP contribution in [0, 0.1) is 19.8 Å². The van der Waals surface area contributed by atoms with Gasteiger partial charge in [-0.3, -0.25) is 4.79 Å². The molecular weight excluding hydrogens is 358 g/mol. The van der Waals surface area contributed by atoms with Crippen LogP contribution in [0.25, 0.3) is 0 Å². The van der Waals surface area contributed by atoms with Crippen molar-refractivity contribution in [2.24, 2.45) is 5.92 Å². The summed E-state index contributed by atoms with van der Waals surface area (Å²) in [6.45, 7) is 14.5. The van der Waals surface area contributed by atoms with Crippen LogP contribution in [-0.4, -0.2) is 53.5 Å². The van der Waals surface area contributed by atoms with Crippen molar-refractivity contribution in [3.63, 3.8) is 0 Å². The molecule has 0 aromatic carbocycles. The van der Waals surface area contributed by atoms with Crippen LogP contribution in [0.3, 0.4) is 0 Å². The van der Waals surface area contributed by atoms with Crippen molar-refractivity contribution in [3.05, 3.63) is 22.5 Å². The smallest absolute Gasteiger partial charge is 0.354 e. The van der Waals surface area contributed by atoms with Gasteiger partial charge in [0.1, 0.15) is 5.69 Å². The third-order valence-electron chi connectivity index (χ3n) is 4.75. The van der Waals surface area contributed by atoms with Gasteiger partial charge in [0.2, 0.25) is 0 Å². The molecule has 0 saturated heterocycles. The first-order valence-corrected chi connectivity index (χ1v) is 9.91. The van der Waals surface area contributed by atoms with Crippen molar-refractivity contribution < 1.29 is 19.1 Å². The van der Waals surface area contributed by atoms with Gasteiger partial charge in [-0.25, -0.2) is 9.59 Å². The molecule has 0 saturated carbocycles. The fourth-order valence-corrected chi connectivity index (χ4v) is 3.32. The van der Waals surface area contributed by atoms with Gasteiger partial charge in [0.25, 0.3) is 0 Å². The molecule has 0 atom stereocenters. The minimum absolute atomic E-state index is 0.0141. The molecule has 1 aromatic heterocycles. The highest BCUT2D eigenvalue weighted by molar-refractivity contribution is 6.04. The van der Waals surface area contributed by atoms with E-state index >= 15 is 0 Å². The van der Waals surface area contributed by atoms with Gasteiger partial charge in [-0.2, -0.15) is 0 Å². The number of ketones is 1. The Morgan fingerprint density at radius 1 is 1.14 bits per heavy atom.